The van der Waals surface area contributed by atoms with E-state index in [1.54, 1.807) is 0 Å². The highest BCUT2D eigenvalue weighted by molar-refractivity contribution is 5.17. The van der Waals surface area contributed by atoms with Crippen molar-refractivity contribution in [3.8, 4) is 0 Å². The van der Waals surface area contributed by atoms with Gasteiger partial charge in [-0.1, -0.05) is 0 Å². The lowest BCUT2D eigenvalue weighted by atomic mass is 10.1. The average molecular weight is 202 g/mol. The van der Waals surface area contributed by atoms with Gasteiger partial charge in [-0.2, -0.15) is 0 Å². The molecular formula is C9H9F3N2. The Labute approximate surface area is 79.2 Å². The maximum absolute atomic E-state index is 12.8. The number of rotatable bonds is 1. The molecule has 0 amide bonds. The van der Waals surface area contributed by atoms with Crippen molar-refractivity contribution in [1.82, 2.24) is 10.3 Å². The molecule has 0 aliphatic carbocycles. The third-order valence-electron chi connectivity index (χ3n) is 2.24. The molecule has 1 aromatic heterocycles. The van der Waals surface area contributed by atoms with Crippen LogP contribution in [-0.4, -0.2) is 17.5 Å². The first-order valence-electron chi connectivity index (χ1n) is 4.28. The zero-order valence-electron chi connectivity index (χ0n) is 7.30. The molecule has 0 radical (unpaired) electrons. The summed E-state index contributed by atoms with van der Waals surface area (Å²) in [6, 6.07) is 0.736. The number of alkyl halides is 2. The van der Waals surface area contributed by atoms with Crippen LogP contribution in [0.3, 0.4) is 0 Å². The first-order valence-corrected chi connectivity index (χ1v) is 4.28. The molecule has 1 aliphatic heterocycles. The van der Waals surface area contributed by atoms with Crippen molar-refractivity contribution < 1.29 is 13.2 Å². The van der Waals surface area contributed by atoms with Gasteiger partial charge in [0.15, 0.2) is 0 Å². The van der Waals surface area contributed by atoms with Gasteiger partial charge in [0.05, 0.1) is 12.7 Å². The second-order valence-electron chi connectivity index (χ2n) is 3.43. The van der Waals surface area contributed by atoms with E-state index >= 15 is 0 Å². The molecule has 1 N–H and O–H groups in total. The van der Waals surface area contributed by atoms with Crippen molar-refractivity contribution in [1.29, 1.82) is 0 Å². The van der Waals surface area contributed by atoms with Crippen LogP contribution in [0.25, 0.3) is 0 Å². The molecule has 5 heteroatoms. The molecule has 0 saturated carbocycles. The van der Waals surface area contributed by atoms with Gasteiger partial charge in [0.2, 0.25) is 0 Å². The van der Waals surface area contributed by atoms with E-state index in [1.807, 2.05) is 0 Å². The quantitative estimate of drug-likeness (QED) is 0.752. The fraction of sp³-hybridized carbons (Fsp3) is 0.444. The maximum Gasteiger partial charge on any atom is 0.262 e. The zero-order valence-corrected chi connectivity index (χ0v) is 7.30. The average Bonchev–Trinajstić information content (AvgIpc) is 2.46. The van der Waals surface area contributed by atoms with E-state index in [1.165, 1.54) is 12.3 Å². The first-order chi connectivity index (χ1) is 6.57. The predicted molar refractivity (Wildman–Crippen MR) is 44.5 cm³/mol. The van der Waals surface area contributed by atoms with Crippen LogP contribution in [0.1, 0.15) is 18.0 Å². The summed E-state index contributed by atoms with van der Waals surface area (Å²) in [5.41, 5.74) is 0.474. The lowest BCUT2D eigenvalue weighted by Crippen LogP contribution is -2.19. The maximum atomic E-state index is 12.8. The normalized spacial score (nSPS) is 25.2. The van der Waals surface area contributed by atoms with Crippen molar-refractivity contribution in [2.75, 3.05) is 6.54 Å². The van der Waals surface area contributed by atoms with Crippen molar-refractivity contribution in [2.24, 2.45) is 0 Å². The molecule has 2 nitrogen and oxygen atoms in total. The fourth-order valence-electron chi connectivity index (χ4n) is 1.57. The Bertz CT molecular complexity index is 341. The molecule has 1 aliphatic rings. The summed E-state index contributed by atoms with van der Waals surface area (Å²) < 4.78 is 38.3. The summed E-state index contributed by atoms with van der Waals surface area (Å²) in [6.45, 7) is -0.353. The van der Waals surface area contributed by atoms with E-state index < -0.39 is 17.8 Å². The monoisotopic (exact) mass is 202 g/mol. The largest absolute Gasteiger partial charge is 0.304 e. The molecule has 0 spiro atoms. The Morgan fingerprint density at radius 3 is 2.79 bits per heavy atom. The number of nitrogens with one attached hydrogen (secondary N) is 1. The second-order valence-corrected chi connectivity index (χ2v) is 3.43. The van der Waals surface area contributed by atoms with Crippen molar-refractivity contribution in [3.05, 3.63) is 29.8 Å². The standard InChI is InChI=1S/C9H9F3N2/c10-7-1-6(3-13-4-7)8-2-9(11,12)5-14-8/h1,3-4,8,14H,2,5H2/t8-/m1/s1. The van der Waals surface area contributed by atoms with Crippen molar-refractivity contribution in [3.63, 3.8) is 0 Å². The van der Waals surface area contributed by atoms with Gasteiger partial charge in [-0.05, 0) is 11.6 Å². The molecule has 2 heterocycles. The van der Waals surface area contributed by atoms with Crippen LogP contribution in [0.15, 0.2) is 18.5 Å². The Balaban J connectivity index is 2.17. The molecule has 1 fully saturated rings. The number of hydrogen-bond acceptors (Lipinski definition) is 2. The zero-order chi connectivity index (χ0) is 10.2. The van der Waals surface area contributed by atoms with E-state index in [0.717, 1.165) is 6.20 Å². The molecular weight excluding hydrogens is 193 g/mol. The highest BCUT2D eigenvalue weighted by atomic mass is 19.3. The highest BCUT2D eigenvalue weighted by Crippen LogP contribution is 2.33. The second kappa shape index (κ2) is 3.24. The first kappa shape index (κ1) is 9.45. The van der Waals surface area contributed by atoms with Gasteiger partial charge in [-0.25, -0.2) is 13.2 Å². The third-order valence-corrected chi connectivity index (χ3v) is 2.24. The minimum absolute atomic E-state index is 0.294. The lowest BCUT2D eigenvalue weighted by Gasteiger charge is -2.09. The van der Waals surface area contributed by atoms with Crippen LogP contribution < -0.4 is 5.32 Å². The Morgan fingerprint density at radius 2 is 2.21 bits per heavy atom. The Hall–Kier alpha value is -1.10. The van der Waals surface area contributed by atoms with E-state index in [4.69, 9.17) is 0 Å². The van der Waals surface area contributed by atoms with Gasteiger partial charge in [-0.15, -0.1) is 0 Å². The van der Waals surface area contributed by atoms with Gasteiger partial charge >= 0.3 is 0 Å². The minimum atomic E-state index is -2.70. The van der Waals surface area contributed by atoms with Gasteiger partial charge in [0.25, 0.3) is 5.92 Å². The number of halogens is 3. The van der Waals surface area contributed by atoms with Crippen molar-refractivity contribution >= 4 is 0 Å². The molecule has 2 rings (SSSR count). The Kier molecular flexibility index (Phi) is 2.19. The highest BCUT2D eigenvalue weighted by Gasteiger charge is 2.39. The Morgan fingerprint density at radius 1 is 1.43 bits per heavy atom. The molecule has 0 aromatic carbocycles. The smallest absolute Gasteiger partial charge is 0.262 e. The summed E-state index contributed by atoms with van der Waals surface area (Å²) >= 11 is 0. The van der Waals surface area contributed by atoms with E-state index in [0.29, 0.717) is 5.56 Å². The number of hydrogen-bond donors (Lipinski definition) is 1. The minimum Gasteiger partial charge on any atom is -0.304 e. The summed E-state index contributed by atoms with van der Waals surface area (Å²) in [7, 11) is 0. The summed E-state index contributed by atoms with van der Waals surface area (Å²) in [5, 5.41) is 2.63. The molecule has 1 atom stereocenters. The summed E-state index contributed by atoms with van der Waals surface area (Å²) in [5.74, 6) is -3.20. The third kappa shape index (κ3) is 1.87. The van der Waals surface area contributed by atoms with Crippen LogP contribution in [0.5, 0.6) is 0 Å². The molecule has 0 bridgehead atoms. The van der Waals surface area contributed by atoms with E-state index in [-0.39, 0.29) is 13.0 Å². The van der Waals surface area contributed by atoms with Gasteiger partial charge in [0.1, 0.15) is 5.82 Å². The van der Waals surface area contributed by atoms with Crippen LogP contribution in [0, 0.1) is 5.82 Å². The van der Waals surface area contributed by atoms with Crippen molar-refractivity contribution in [2.45, 2.75) is 18.4 Å². The summed E-state index contributed by atoms with van der Waals surface area (Å²) in [4.78, 5) is 3.62. The molecule has 0 unspecified atom stereocenters. The summed E-state index contributed by atoms with van der Waals surface area (Å²) in [6.07, 6.45) is 2.16. The van der Waals surface area contributed by atoms with Crippen LogP contribution in [0.2, 0.25) is 0 Å². The number of pyridine rings is 1. The molecule has 14 heavy (non-hydrogen) atoms. The number of nitrogens with zero attached hydrogens (tertiary/aromatic N) is 1. The van der Waals surface area contributed by atoms with E-state index in [9.17, 15) is 13.2 Å². The molecule has 76 valence electrons. The fourth-order valence-corrected chi connectivity index (χ4v) is 1.57. The van der Waals surface area contributed by atoms with Gasteiger partial charge in [-0.3, -0.25) is 4.98 Å². The van der Waals surface area contributed by atoms with E-state index in [2.05, 4.69) is 10.3 Å². The van der Waals surface area contributed by atoms with Crippen LogP contribution in [0.4, 0.5) is 13.2 Å². The predicted octanol–water partition coefficient (Wildman–Crippen LogP) is 1.89. The van der Waals surface area contributed by atoms with Crippen LogP contribution in [-0.2, 0) is 0 Å². The topological polar surface area (TPSA) is 24.9 Å². The molecule has 1 aromatic rings. The number of aromatic nitrogens is 1. The molecule has 1 saturated heterocycles. The SMILES string of the molecule is Fc1cncc([C@H]2CC(F)(F)CN2)c1. The lowest BCUT2D eigenvalue weighted by molar-refractivity contribution is 0.0210. The van der Waals surface area contributed by atoms with Gasteiger partial charge in [0, 0.05) is 18.7 Å². The van der Waals surface area contributed by atoms with Gasteiger partial charge < -0.3 is 5.32 Å². The van der Waals surface area contributed by atoms with Crippen LogP contribution >= 0.6 is 0 Å².